The van der Waals surface area contributed by atoms with Crippen molar-refractivity contribution in [3.8, 4) is 5.75 Å². The molecule has 3 aliphatic heterocycles. The van der Waals surface area contributed by atoms with Crippen LogP contribution in [0.3, 0.4) is 0 Å². The molecule has 164 valence electrons. The Hall–Kier alpha value is -1.10. The second kappa shape index (κ2) is 11.9. The molecule has 0 aromatic heterocycles. The van der Waals surface area contributed by atoms with Crippen LogP contribution in [0.5, 0.6) is 5.75 Å². The molecule has 1 aromatic rings. The molecule has 4 rings (SSSR count). The average molecular weight is 517 g/mol. The monoisotopic (exact) mass is 517 g/mol. The van der Waals surface area contributed by atoms with E-state index in [1.54, 1.807) is 0 Å². The van der Waals surface area contributed by atoms with E-state index in [1.807, 2.05) is 38.1 Å². The molecular formula is C21H36IN5O2. The molecule has 3 N–H and O–H groups in total. The molecule has 3 aliphatic rings. The van der Waals surface area contributed by atoms with Gasteiger partial charge in [0, 0.05) is 51.9 Å². The van der Waals surface area contributed by atoms with Crippen molar-refractivity contribution in [3.63, 3.8) is 0 Å². The number of aliphatic imine (C=N–C) groups is 1. The second-order valence-electron chi connectivity index (χ2n) is 7.85. The Balaban J connectivity index is 0.00000300. The molecule has 7 nitrogen and oxygen atoms in total. The Kier molecular flexibility index (Phi) is 9.94. The zero-order valence-electron chi connectivity index (χ0n) is 17.8. The highest BCUT2D eigenvalue weighted by Gasteiger charge is 2.31. The first-order valence-electron chi connectivity index (χ1n) is 10.5. The van der Waals surface area contributed by atoms with Gasteiger partial charge in [-0.3, -0.25) is 14.8 Å². The summed E-state index contributed by atoms with van der Waals surface area (Å²) in [5.74, 6) is 1.53. The Morgan fingerprint density at radius 2 is 2.00 bits per heavy atom. The lowest BCUT2D eigenvalue weighted by Gasteiger charge is -2.47. The lowest BCUT2D eigenvalue weighted by Crippen LogP contribution is -2.63. The van der Waals surface area contributed by atoms with Gasteiger partial charge in [-0.15, -0.1) is 24.0 Å². The fraction of sp³-hybridized carbons (Fsp3) is 0.667. The largest absolute Gasteiger partial charge is 0.491 e. The summed E-state index contributed by atoms with van der Waals surface area (Å²) in [4.78, 5) is 9.69. The zero-order chi connectivity index (χ0) is 19.9. The fourth-order valence-corrected chi connectivity index (χ4v) is 3.82. The maximum atomic E-state index is 10.6. The van der Waals surface area contributed by atoms with Crippen LogP contribution in [0.4, 0.5) is 0 Å². The number of nitrogens with one attached hydrogen (secondary N) is 2. The number of nitrogens with zero attached hydrogens (tertiary/aromatic N) is 3. The third-order valence-electron chi connectivity index (χ3n) is 5.28. The quantitative estimate of drug-likeness (QED) is 0.277. The number of halogens is 1. The lowest BCUT2D eigenvalue weighted by atomic mass is 10.1. The van der Waals surface area contributed by atoms with E-state index in [9.17, 15) is 5.11 Å². The molecule has 8 heteroatoms. The fourth-order valence-electron chi connectivity index (χ4n) is 3.82. The van der Waals surface area contributed by atoms with Gasteiger partial charge >= 0.3 is 0 Å². The number of aliphatic hydroxyl groups excluding tert-OH is 1. The van der Waals surface area contributed by atoms with Gasteiger partial charge in [0.15, 0.2) is 5.96 Å². The van der Waals surface area contributed by atoms with E-state index in [1.165, 1.54) is 13.1 Å². The molecule has 0 radical (unpaired) electrons. The number of fused-ring (bicyclic) bond motifs is 3. The maximum Gasteiger partial charge on any atom is 0.191 e. The first kappa shape index (κ1) is 24.2. The van der Waals surface area contributed by atoms with E-state index >= 15 is 0 Å². The molecule has 0 saturated carbocycles. The molecule has 3 saturated heterocycles. The van der Waals surface area contributed by atoms with E-state index in [2.05, 4.69) is 32.3 Å². The summed E-state index contributed by atoms with van der Waals surface area (Å²) < 4.78 is 5.72. The molecule has 29 heavy (non-hydrogen) atoms. The van der Waals surface area contributed by atoms with E-state index < -0.39 is 6.10 Å². The minimum atomic E-state index is -0.660. The van der Waals surface area contributed by atoms with Gasteiger partial charge in [0.25, 0.3) is 0 Å². The highest BCUT2D eigenvalue weighted by atomic mass is 127. The van der Waals surface area contributed by atoms with Gasteiger partial charge in [0.1, 0.15) is 5.75 Å². The minimum Gasteiger partial charge on any atom is -0.491 e. The van der Waals surface area contributed by atoms with Gasteiger partial charge in [0.05, 0.1) is 18.8 Å². The summed E-state index contributed by atoms with van der Waals surface area (Å²) in [7, 11) is 0. The zero-order valence-corrected chi connectivity index (χ0v) is 20.1. The van der Waals surface area contributed by atoms with Crippen molar-refractivity contribution in [3.05, 3.63) is 29.8 Å². The third-order valence-corrected chi connectivity index (χ3v) is 5.28. The molecule has 0 amide bonds. The predicted octanol–water partition coefficient (Wildman–Crippen LogP) is 1.68. The molecule has 2 atom stereocenters. The standard InChI is InChI=1S/C21H35N5O2.HI/c1-4-22-21(23-13-18-15-25-8-10-26(18)11-9-25)24-14-20(27)17-6-5-7-19(12-17)28-16(2)3;/h5-7,12,16,18,20,27H,4,8-11,13-15H2,1-3H3,(H2,22,23,24);1H. The summed E-state index contributed by atoms with van der Waals surface area (Å²) >= 11 is 0. The van der Waals surface area contributed by atoms with E-state index in [-0.39, 0.29) is 30.1 Å². The van der Waals surface area contributed by atoms with Gasteiger partial charge in [-0.2, -0.15) is 0 Å². The Morgan fingerprint density at radius 1 is 1.24 bits per heavy atom. The van der Waals surface area contributed by atoms with Gasteiger partial charge in [0.2, 0.25) is 0 Å². The van der Waals surface area contributed by atoms with Crippen molar-refractivity contribution < 1.29 is 9.84 Å². The van der Waals surface area contributed by atoms with Crippen molar-refractivity contribution in [1.82, 2.24) is 20.4 Å². The van der Waals surface area contributed by atoms with Gasteiger partial charge in [-0.05, 0) is 38.5 Å². The lowest BCUT2D eigenvalue weighted by molar-refractivity contribution is 0.0154. The number of rotatable bonds is 8. The topological polar surface area (TPSA) is 72.4 Å². The number of guanidine groups is 1. The Labute approximate surface area is 191 Å². The van der Waals surface area contributed by atoms with Gasteiger partial charge in [-0.25, -0.2) is 0 Å². The van der Waals surface area contributed by atoms with Crippen molar-refractivity contribution >= 4 is 29.9 Å². The summed E-state index contributed by atoms with van der Waals surface area (Å²) in [6.45, 7) is 13.8. The normalized spacial score (nSPS) is 24.7. The van der Waals surface area contributed by atoms with Crippen LogP contribution in [-0.2, 0) is 0 Å². The minimum absolute atomic E-state index is 0. The average Bonchev–Trinajstić information content (AvgIpc) is 2.70. The summed E-state index contributed by atoms with van der Waals surface area (Å²) in [5.41, 5.74) is 0.821. The maximum absolute atomic E-state index is 10.6. The number of hydrogen-bond acceptors (Lipinski definition) is 5. The summed E-state index contributed by atoms with van der Waals surface area (Å²) in [6, 6.07) is 8.15. The molecule has 1 aromatic carbocycles. The number of aliphatic hydroxyl groups is 1. The van der Waals surface area contributed by atoms with Crippen molar-refractivity contribution in [2.75, 3.05) is 52.4 Å². The van der Waals surface area contributed by atoms with Crippen LogP contribution >= 0.6 is 24.0 Å². The molecule has 3 fully saturated rings. The highest BCUT2D eigenvalue weighted by molar-refractivity contribution is 14.0. The van der Waals surface area contributed by atoms with Crippen LogP contribution in [0.15, 0.2) is 29.3 Å². The number of hydrogen-bond donors (Lipinski definition) is 3. The van der Waals surface area contributed by atoms with Gasteiger partial charge < -0.3 is 20.5 Å². The molecule has 2 unspecified atom stereocenters. The summed E-state index contributed by atoms with van der Waals surface area (Å²) in [5, 5.41) is 17.3. The SMILES string of the molecule is CCNC(=NCC(O)c1cccc(OC(C)C)c1)NCC1CN2CCN1CC2.I. The number of piperazine rings is 3. The van der Waals surface area contributed by atoms with Crippen LogP contribution < -0.4 is 15.4 Å². The molecule has 2 bridgehead atoms. The number of ether oxygens (including phenoxy) is 1. The number of benzene rings is 1. The van der Waals surface area contributed by atoms with Crippen molar-refractivity contribution in [2.45, 2.75) is 39.0 Å². The van der Waals surface area contributed by atoms with Crippen molar-refractivity contribution in [2.24, 2.45) is 4.99 Å². The Morgan fingerprint density at radius 3 is 2.62 bits per heavy atom. The van der Waals surface area contributed by atoms with Crippen LogP contribution in [0.25, 0.3) is 0 Å². The van der Waals surface area contributed by atoms with Crippen molar-refractivity contribution in [1.29, 1.82) is 0 Å². The van der Waals surface area contributed by atoms with Crippen LogP contribution in [0.2, 0.25) is 0 Å². The smallest absolute Gasteiger partial charge is 0.191 e. The first-order chi connectivity index (χ1) is 13.5. The highest BCUT2D eigenvalue weighted by Crippen LogP contribution is 2.20. The second-order valence-corrected chi connectivity index (χ2v) is 7.85. The molecular weight excluding hydrogens is 481 g/mol. The van der Waals surface area contributed by atoms with E-state index in [4.69, 9.17) is 4.74 Å². The van der Waals surface area contributed by atoms with Gasteiger partial charge in [-0.1, -0.05) is 12.1 Å². The predicted molar refractivity (Wildman–Crippen MR) is 128 cm³/mol. The Bertz CT molecular complexity index is 650. The molecule has 0 spiro atoms. The third kappa shape index (κ3) is 7.27. The van der Waals surface area contributed by atoms with Crippen LogP contribution in [-0.4, -0.2) is 85.4 Å². The van der Waals surface area contributed by atoms with Crippen LogP contribution in [0.1, 0.15) is 32.4 Å². The molecule has 3 heterocycles. The molecule has 0 aliphatic carbocycles. The first-order valence-corrected chi connectivity index (χ1v) is 10.5. The van der Waals surface area contributed by atoms with E-state index in [0.29, 0.717) is 12.6 Å². The van der Waals surface area contributed by atoms with E-state index in [0.717, 1.165) is 50.0 Å². The summed E-state index contributed by atoms with van der Waals surface area (Å²) in [6.07, 6.45) is -0.552. The van der Waals surface area contributed by atoms with Crippen LogP contribution in [0, 0.1) is 0 Å².